The highest BCUT2D eigenvalue weighted by Crippen LogP contribution is 2.64. The number of rotatable bonds is 5. The second-order valence-corrected chi connectivity index (χ2v) is 12.6. The monoisotopic (exact) mass is 528 g/mol. The molecule has 3 aliphatic rings. The summed E-state index contributed by atoms with van der Waals surface area (Å²) in [6, 6.07) is 22.3. The van der Waals surface area contributed by atoms with Crippen molar-refractivity contribution in [2.75, 3.05) is 12.4 Å². The minimum absolute atomic E-state index is 0.0295. The topological polar surface area (TPSA) is 60.3 Å². The zero-order valence-electron chi connectivity index (χ0n) is 20.6. The summed E-state index contributed by atoms with van der Waals surface area (Å²) in [5.41, 5.74) is 2.02. The molecule has 1 aromatic heterocycles. The maximum Gasteiger partial charge on any atom is 0.308 e. The van der Waals surface area contributed by atoms with Crippen LogP contribution in [0.1, 0.15) is 35.6 Å². The van der Waals surface area contributed by atoms with Crippen LogP contribution in [0.15, 0.2) is 76.6 Å². The van der Waals surface area contributed by atoms with Crippen LogP contribution in [0.3, 0.4) is 0 Å². The molecule has 0 spiro atoms. The fourth-order valence-electron chi connectivity index (χ4n) is 6.94. The fraction of sp³-hybridized carbons (Fsp3) is 0.333. The molecule has 7 heteroatoms. The Bertz CT molecular complexity index is 1550. The van der Waals surface area contributed by atoms with Crippen LogP contribution in [0.5, 0.6) is 5.75 Å². The number of nitrogens with zero attached hydrogens (tertiary/aromatic N) is 1. The molecule has 37 heavy (non-hydrogen) atoms. The van der Waals surface area contributed by atoms with Gasteiger partial charge in [0.15, 0.2) is 0 Å². The van der Waals surface area contributed by atoms with Crippen molar-refractivity contribution in [2.24, 2.45) is 17.8 Å². The number of carbonyl (C=O) groups excluding carboxylic acids is 1. The van der Waals surface area contributed by atoms with E-state index in [1.807, 2.05) is 66.4 Å². The molecule has 0 radical (unpaired) electrons. The molecule has 1 N–H and O–H groups in total. The summed E-state index contributed by atoms with van der Waals surface area (Å²) in [7, 11) is 1.69. The van der Waals surface area contributed by atoms with Crippen molar-refractivity contribution in [1.29, 1.82) is 0 Å². The molecule has 2 saturated carbocycles. The van der Waals surface area contributed by atoms with Gasteiger partial charge in [-0.15, -0.1) is 11.8 Å². The number of methoxy groups -OCH3 is 1. The van der Waals surface area contributed by atoms with Crippen LogP contribution in [0.4, 0.5) is 5.69 Å². The van der Waals surface area contributed by atoms with E-state index in [0.29, 0.717) is 23.0 Å². The van der Waals surface area contributed by atoms with Crippen LogP contribution in [0.25, 0.3) is 10.8 Å². The quantitative estimate of drug-likeness (QED) is 0.327. The van der Waals surface area contributed by atoms with E-state index in [1.165, 1.54) is 36.2 Å². The van der Waals surface area contributed by atoms with Crippen molar-refractivity contribution in [3.05, 3.63) is 86.8 Å². The van der Waals surface area contributed by atoms with Crippen molar-refractivity contribution < 1.29 is 9.53 Å². The fourth-order valence-corrected chi connectivity index (χ4v) is 10.1. The van der Waals surface area contributed by atoms with Crippen LogP contribution in [-0.2, 0) is 11.3 Å². The van der Waals surface area contributed by atoms with Crippen molar-refractivity contribution in [3.8, 4) is 5.75 Å². The van der Waals surface area contributed by atoms with Crippen LogP contribution >= 0.6 is 23.1 Å². The van der Waals surface area contributed by atoms with Gasteiger partial charge >= 0.3 is 4.87 Å². The molecule has 1 aliphatic heterocycles. The molecule has 5 atom stereocenters. The van der Waals surface area contributed by atoms with Gasteiger partial charge < -0.3 is 10.1 Å². The summed E-state index contributed by atoms with van der Waals surface area (Å²) in [6.07, 6.45) is 3.85. The SMILES string of the molecule is COc1ccc([C@H]2c3sc(=O)n(CC(=O)Nc4cccc5ccccc45)c3SC3C4CCC(C4)C32)cc1. The third-order valence-electron chi connectivity index (χ3n) is 8.53. The van der Waals surface area contributed by atoms with E-state index in [4.69, 9.17) is 4.74 Å². The van der Waals surface area contributed by atoms with E-state index in [1.54, 1.807) is 11.7 Å². The number of carbonyl (C=O) groups is 1. The molecular formula is C30H28N2O3S2. The Kier molecular flexibility index (Phi) is 5.66. The highest BCUT2D eigenvalue weighted by atomic mass is 32.2. The number of hydrogen-bond donors (Lipinski definition) is 1. The lowest BCUT2D eigenvalue weighted by Gasteiger charge is -2.40. The normalized spacial score (nSPS) is 25.6. The number of anilines is 1. The highest BCUT2D eigenvalue weighted by Gasteiger charge is 2.55. The number of amides is 1. The molecule has 4 aromatic rings. The highest BCUT2D eigenvalue weighted by molar-refractivity contribution is 8.00. The molecule has 1 amide bonds. The first-order chi connectivity index (χ1) is 18.1. The van der Waals surface area contributed by atoms with Gasteiger partial charge in [-0.2, -0.15) is 0 Å². The van der Waals surface area contributed by atoms with Crippen LogP contribution in [0, 0.1) is 17.8 Å². The van der Waals surface area contributed by atoms with Gasteiger partial charge in [0.1, 0.15) is 12.3 Å². The number of benzene rings is 3. The number of ether oxygens (including phenoxy) is 1. The van der Waals surface area contributed by atoms with Crippen molar-refractivity contribution in [1.82, 2.24) is 4.57 Å². The van der Waals surface area contributed by atoms with Crippen LogP contribution in [0.2, 0.25) is 0 Å². The molecule has 2 fully saturated rings. The molecule has 7 rings (SSSR count). The molecule has 5 nitrogen and oxygen atoms in total. The molecule has 4 unspecified atom stereocenters. The van der Waals surface area contributed by atoms with E-state index in [2.05, 4.69) is 17.4 Å². The zero-order valence-corrected chi connectivity index (χ0v) is 22.2. The maximum absolute atomic E-state index is 13.4. The summed E-state index contributed by atoms with van der Waals surface area (Å²) >= 11 is 3.20. The Balaban J connectivity index is 1.24. The Morgan fingerprint density at radius 1 is 1.03 bits per heavy atom. The summed E-state index contributed by atoms with van der Waals surface area (Å²) in [5, 5.41) is 6.64. The zero-order chi connectivity index (χ0) is 25.1. The van der Waals surface area contributed by atoms with E-state index < -0.39 is 0 Å². The molecule has 2 heterocycles. The second-order valence-electron chi connectivity index (χ2n) is 10.4. The second kappa shape index (κ2) is 9.07. The van der Waals surface area contributed by atoms with Gasteiger partial charge in [0, 0.05) is 27.1 Å². The van der Waals surface area contributed by atoms with Crippen LogP contribution < -0.4 is 14.9 Å². The predicted molar refractivity (Wildman–Crippen MR) is 150 cm³/mol. The molecule has 3 aromatic carbocycles. The number of aromatic nitrogens is 1. The van der Waals surface area contributed by atoms with Crippen molar-refractivity contribution >= 4 is 45.5 Å². The molecule has 0 saturated heterocycles. The molecule has 2 aliphatic carbocycles. The lowest BCUT2D eigenvalue weighted by atomic mass is 9.75. The first kappa shape index (κ1) is 23.1. The summed E-state index contributed by atoms with van der Waals surface area (Å²) in [4.78, 5) is 27.7. The molecule has 188 valence electrons. The lowest BCUT2D eigenvalue weighted by Crippen LogP contribution is -2.34. The molecular weight excluding hydrogens is 500 g/mol. The third-order valence-corrected chi connectivity index (χ3v) is 11.4. The minimum Gasteiger partial charge on any atom is -0.497 e. The minimum atomic E-state index is -0.171. The van der Waals surface area contributed by atoms with E-state index >= 15 is 0 Å². The van der Waals surface area contributed by atoms with Gasteiger partial charge in [0.05, 0.1) is 12.1 Å². The number of thioether (sulfide) groups is 1. The van der Waals surface area contributed by atoms with Gasteiger partial charge in [-0.05, 0) is 66.2 Å². The standard InChI is InChI=1S/C30H28N2O3S2/c1-35-21-13-11-18(12-14-21)25-26-19-9-10-20(15-19)27(26)36-29-28(25)37-30(34)32(29)16-24(33)31-23-8-4-6-17-5-2-3-7-22(17)23/h2-8,11-14,19-20,25-27H,9-10,15-16H2,1H3,(H,31,33)/t19?,20?,25-,26?,27?/m1/s1. The van der Waals surface area contributed by atoms with E-state index in [-0.39, 0.29) is 23.2 Å². The van der Waals surface area contributed by atoms with Gasteiger partial charge in [-0.3, -0.25) is 14.2 Å². The Morgan fingerprint density at radius 2 is 1.81 bits per heavy atom. The van der Waals surface area contributed by atoms with Gasteiger partial charge in [0.2, 0.25) is 5.91 Å². The third kappa shape index (κ3) is 3.82. The van der Waals surface area contributed by atoms with Crippen molar-refractivity contribution in [2.45, 2.75) is 42.0 Å². The Labute approximate surface area is 223 Å². The Hall–Kier alpha value is -3.03. The number of thiazole rings is 1. The van der Waals surface area contributed by atoms with E-state index in [0.717, 1.165) is 32.1 Å². The van der Waals surface area contributed by atoms with Gasteiger partial charge in [-0.1, -0.05) is 59.9 Å². The van der Waals surface area contributed by atoms with Crippen LogP contribution in [-0.4, -0.2) is 22.8 Å². The summed E-state index contributed by atoms with van der Waals surface area (Å²) in [6.45, 7) is 0.0295. The van der Waals surface area contributed by atoms with Gasteiger partial charge in [0.25, 0.3) is 0 Å². The lowest BCUT2D eigenvalue weighted by molar-refractivity contribution is -0.116. The average molecular weight is 529 g/mol. The summed E-state index contributed by atoms with van der Waals surface area (Å²) < 4.78 is 7.13. The van der Waals surface area contributed by atoms with E-state index in [9.17, 15) is 9.59 Å². The first-order valence-corrected chi connectivity index (χ1v) is 14.6. The summed E-state index contributed by atoms with van der Waals surface area (Å²) in [5.74, 6) is 2.82. The smallest absolute Gasteiger partial charge is 0.308 e. The Morgan fingerprint density at radius 3 is 2.65 bits per heavy atom. The largest absolute Gasteiger partial charge is 0.497 e. The average Bonchev–Trinajstić information content (AvgIpc) is 3.62. The number of hydrogen-bond acceptors (Lipinski definition) is 5. The van der Waals surface area contributed by atoms with Crippen molar-refractivity contribution in [3.63, 3.8) is 0 Å². The van der Waals surface area contributed by atoms with Gasteiger partial charge in [-0.25, -0.2) is 0 Å². The number of fused-ring (bicyclic) bond motifs is 7. The first-order valence-electron chi connectivity index (χ1n) is 12.9. The number of nitrogens with one attached hydrogen (secondary N) is 1. The molecule has 2 bridgehead atoms. The maximum atomic E-state index is 13.4. The predicted octanol–water partition coefficient (Wildman–Crippen LogP) is 6.36.